The van der Waals surface area contributed by atoms with Crippen LogP contribution in [0.4, 0.5) is 9.39 Å². The molecule has 1 aliphatic carbocycles. The molecule has 1 aromatic carbocycles. The lowest BCUT2D eigenvalue weighted by Gasteiger charge is -2.18. The lowest BCUT2D eigenvalue weighted by molar-refractivity contribution is -0.113. The molecule has 138 valence electrons. The predicted molar refractivity (Wildman–Crippen MR) is 103 cm³/mol. The third-order valence-corrected chi connectivity index (χ3v) is 6.52. The van der Waals surface area contributed by atoms with Gasteiger partial charge in [-0.3, -0.25) is 4.79 Å². The van der Waals surface area contributed by atoms with Crippen LogP contribution in [0.25, 0.3) is 0 Å². The Kier molecular flexibility index (Phi) is 5.98. The fraction of sp³-hybridized carbons (Fsp3) is 0.368. The third-order valence-electron chi connectivity index (χ3n) is 4.34. The SMILES string of the molecule is COC(=O)c1c(NC(=O)CSc2ccc(F)cc2)sc2c1CCC(C)C2. The van der Waals surface area contributed by atoms with Crippen molar-refractivity contribution in [1.29, 1.82) is 0 Å². The molecule has 1 unspecified atom stereocenters. The minimum absolute atomic E-state index is 0.186. The maximum Gasteiger partial charge on any atom is 0.341 e. The number of amides is 1. The summed E-state index contributed by atoms with van der Waals surface area (Å²) >= 11 is 2.79. The second kappa shape index (κ2) is 8.22. The van der Waals surface area contributed by atoms with Gasteiger partial charge in [0.25, 0.3) is 0 Å². The summed E-state index contributed by atoms with van der Waals surface area (Å²) in [6.07, 6.45) is 2.78. The van der Waals surface area contributed by atoms with Gasteiger partial charge in [-0.25, -0.2) is 9.18 Å². The van der Waals surface area contributed by atoms with Gasteiger partial charge < -0.3 is 10.1 Å². The maximum atomic E-state index is 12.9. The van der Waals surface area contributed by atoms with Crippen molar-refractivity contribution in [2.45, 2.75) is 31.1 Å². The Balaban J connectivity index is 1.73. The van der Waals surface area contributed by atoms with Gasteiger partial charge in [-0.1, -0.05) is 6.92 Å². The van der Waals surface area contributed by atoms with Crippen molar-refractivity contribution >= 4 is 40.0 Å². The summed E-state index contributed by atoms with van der Waals surface area (Å²) < 4.78 is 17.9. The lowest BCUT2D eigenvalue weighted by Crippen LogP contribution is -2.17. The average molecular weight is 394 g/mol. The highest BCUT2D eigenvalue weighted by Crippen LogP contribution is 2.40. The van der Waals surface area contributed by atoms with Gasteiger partial charge >= 0.3 is 5.97 Å². The first-order chi connectivity index (χ1) is 12.5. The molecule has 1 atom stereocenters. The van der Waals surface area contributed by atoms with E-state index < -0.39 is 5.97 Å². The predicted octanol–water partition coefficient (Wildman–Crippen LogP) is 4.53. The number of methoxy groups -OCH3 is 1. The molecule has 0 spiro atoms. The van der Waals surface area contributed by atoms with Crippen molar-refractivity contribution in [3.63, 3.8) is 0 Å². The Morgan fingerprint density at radius 3 is 2.77 bits per heavy atom. The van der Waals surface area contributed by atoms with E-state index in [0.29, 0.717) is 16.5 Å². The number of hydrogen-bond acceptors (Lipinski definition) is 5. The molecule has 3 rings (SSSR count). The van der Waals surface area contributed by atoms with Gasteiger partial charge in [0.2, 0.25) is 5.91 Å². The van der Waals surface area contributed by atoms with Crippen molar-refractivity contribution in [2.24, 2.45) is 5.92 Å². The molecule has 0 saturated heterocycles. The molecule has 1 heterocycles. The summed E-state index contributed by atoms with van der Waals surface area (Å²) in [5.74, 6) is -0.149. The van der Waals surface area contributed by atoms with E-state index in [4.69, 9.17) is 4.74 Å². The van der Waals surface area contributed by atoms with Gasteiger partial charge in [0.15, 0.2) is 0 Å². The molecular weight excluding hydrogens is 373 g/mol. The van der Waals surface area contributed by atoms with Crippen LogP contribution >= 0.6 is 23.1 Å². The molecule has 0 radical (unpaired) electrons. The van der Waals surface area contributed by atoms with Gasteiger partial charge in [-0.2, -0.15) is 0 Å². The standard InChI is InChI=1S/C19H20FNO3S2/c1-11-3-8-14-15(9-11)26-18(17(14)19(23)24-2)21-16(22)10-25-13-6-4-12(20)5-7-13/h4-7,11H,3,8-10H2,1-2H3,(H,21,22). The third kappa shape index (κ3) is 4.27. The molecule has 0 bridgehead atoms. The maximum absolute atomic E-state index is 12.9. The van der Waals surface area contributed by atoms with E-state index in [9.17, 15) is 14.0 Å². The van der Waals surface area contributed by atoms with E-state index >= 15 is 0 Å². The number of anilines is 1. The Morgan fingerprint density at radius 1 is 1.35 bits per heavy atom. The normalized spacial score (nSPS) is 16.0. The summed E-state index contributed by atoms with van der Waals surface area (Å²) in [7, 11) is 1.35. The van der Waals surface area contributed by atoms with Crippen LogP contribution in [0.15, 0.2) is 29.2 Å². The first-order valence-corrected chi connectivity index (χ1v) is 10.2. The molecule has 1 aromatic heterocycles. The van der Waals surface area contributed by atoms with E-state index in [1.807, 2.05) is 0 Å². The van der Waals surface area contributed by atoms with Gasteiger partial charge in [-0.15, -0.1) is 23.1 Å². The van der Waals surface area contributed by atoms with E-state index in [-0.39, 0.29) is 17.5 Å². The molecular formula is C19H20FNO3S2. The molecule has 7 heteroatoms. The molecule has 0 saturated carbocycles. The molecule has 0 fully saturated rings. The smallest absolute Gasteiger partial charge is 0.341 e. The van der Waals surface area contributed by atoms with Crippen LogP contribution in [0.3, 0.4) is 0 Å². The fourth-order valence-corrected chi connectivity index (χ4v) is 5.11. The van der Waals surface area contributed by atoms with Gasteiger partial charge in [0, 0.05) is 9.77 Å². The Bertz CT molecular complexity index is 817. The van der Waals surface area contributed by atoms with E-state index in [1.165, 1.54) is 42.3 Å². The summed E-state index contributed by atoms with van der Waals surface area (Å²) in [4.78, 5) is 26.5. The molecule has 1 N–H and O–H groups in total. The molecule has 4 nitrogen and oxygen atoms in total. The summed E-state index contributed by atoms with van der Waals surface area (Å²) in [5, 5.41) is 3.43. The van der Waals surface area contributed by atoms with Crippen molar-refractivity contribution in [1.82, 2.24) is 0 Å². The first kappa shape index (κ1) is 18.9. The number of thioether (sulfide) groups is 1. The minimum Gasteiger partial charge on any atom is -0.465 e. The Labute approximate surface area is 160 Å². The van der Waals surface area contributed by atoms with Crippen molar-refractivity contribution in [3.8, 4) is 0 Å². The number of hydrogen-bond donors (Lipinski definition) is 1. The number of halogens is 1. The van der Waals surface area contributed by atoms with Crippen LogP contribution in [0, 0.1) is 11.7 Å². The lowest BCUT2D eigenvalue weighted by atomic mass is 9.88. The zero-order valence-corrected chi connectivity index (χ0v) is 16.3. The monoisotopic (exact) mass is 393 g/mol. The van der Waals surface area contributed by atoms with Gasteiger partial charge in [0.1, 0.15) is 10.8 Å². The Hall–Kier alpha value is -1.86. The van der Waals surface area contributed by atoms with Crippen LogP contribution in [0.1, 0.15) is 34.1 Å². The number of rotatable bonds is 5. The van der Waals surface area contributed by atoms with Crippen LogP contribution < -0.4 is 5.32 Å². The minimum atomic E-state index is -0.404. The highest BCUT2D eigenvalue weighted by Gasteiger charge is 2.28. The molecule has 26 heavy (non-hydrogen) atoms. The second-order valence-electron chi connectivity index (χ2n) is 6.34. The second-order valence-corrected chi connectivity index (χ2v) is 8.49. The van der Waals surface area contributed by atoms with Crippen LogP contribution in [-0.2, 0) is 22.4 Å². The highest BCUT2D eigenvalue weighted by atomic mass is 32.2. The van der Waals surface area contributed by atoms with Crippen LogP contribution in [0.2, 0.25) is 0 Å². The number of carbonyl (C=O) groups is 2. The van der Waals surface area contributed by atoms with Crippen LogP contribution in [0.5, 0.6) is 0 Å². The molecule has 1 aliphatic rings. The van der Waals surface area contributed by atoms with E-state index in [1.54, 1.807) is 12.1 Å². The van der Waals surface area contributed by atoms with E-state index in [0.717, 1.165) is 34.6 Å². The number of ether oxygens (including phenoxy) is 1. The summed E-state index contributed by atoms with van der Waals surface area (Å²) in [5.41, 5.74) is 1.51. The number of thiophene rings is 1. The van der Waals surface area contributed by atoms with Crippen LogP contribution in [-0.4, -0.2) is 24.7 Å². The number of fused-ring (bicyclic) bond motifs is 1. The zero-order chi connectivity index (χ0) is 18.7. The van der Waals surface area contributed by atoms with Gasteiger partial charge in [-0.05, 0) is 55.0 Å². The quantitative estimate of drug-likeness (QED) is 0.599. The molecule has 2 aromatic rings. The largest absolute Gasteiger partial charge is 0.465 e. The topological polar surface area (TPSA) is 55.4 Å². The Morgan fingerprint density at radius 2 is 2.08 bits per heavy atom. The van der Waals surface area contributed by atoms with Crippen molar-refractivity contribution in [3.05, 3.63) is 46.1 Å². The number of carbonyl (C=O) groups excluding carboxylic acids is 2. The summed E-state index contributed by atoms with van der Waals surface area (Å²) in [6, 6.07) is 6.00. The summed E-state index contributed by atoms with van der Waals surface area (Å²) in [6.45, 7) is 2.19. The number of esters is 1. The van der Waals surface area contributed by atoms with Gasteiger partial charge in [0.05, 0.1) is 18.4 Å². The van der Waals surface area contributed by atoms with Crippen molar-refractivity contribution < 1.29 is 18.7 Å². The number of benzene rings is 1. The first-order valence-electron chi connectivity index (χ1n) is 8.39. The fourth-order valence-electron chi connectivity index (χ4n) is 3.00. The average Bonchev–Trinajstić information content (AvgIpc) is 2.97. The zero-order valence-electron chi connectivity index (χ0n) is 14.6. The molecule has 0 aliphatic heterocycles. The van der Waals surface area contributed by atoms with Crippen molar-refractivity contribution in [2.75, 3.05) is 18.2 Å². The highest BCUT2D eigenvalue weighted by molar-refractivity contribution is 8.00. The number of nitrogens with one attached hydrogen (secondary N) is 1. The van der Waals surface area contributed by atoms with E-state index in [2.05, 4.69) is 12.2 Å². The molecule has 1 amide bonds.